The molecular formula is C45H34N4. The fourth-order valence-electron chi connectivity index (χ4n) is 7.28. The Balaban J connectivity index is 1.18. The maximum absolute atomic E-state index is 5.18. The highest BCUT2D eigenvalue weighted by Crippen LogP contribution is 2.41. The normalized spacial score (nSPS) is 11.5. The number of imidazole rings is 1. The smallest absolute Gasteiger partial charge is 0.146 e. The number of hydrogen-bond donors (Lipinski definition) is 0. The molecule has 0 bridgehead atoms. The first-order chi connectivity index (χ1) is 24.2. The van der Waals surface area contributed by atoms with Crippen LogP contribution in [-0.4, -0.2) is 14.1 Å². The van der Waals surface area contributed by atoms with Crippen LogP contribution in [0.15, 0.2) is 170 Å². The van der Waals surface area contributed by atoms with Gasteiger partial charge in [0.2, 0.25) is 0 Å². The summed E-state index contributed by atoms with van der Waals surface area (Å²) >= 11 is 0. The van der Waals surface area contributed by atoms with Crippen LogP contribution in [0.3, 0.4) is 0 Å². The molecule has 2 aromatic heterocycles. The van der Waals surface area contributed by atoms with Gasteiger partial charge < -0.3 is 9.47 Å². The summed E-state index contributed by atoms with van der Waals surface area (Å²) in [6.45, 7) is 4.40. The monoisotopic (exact) mass is 630 g/mol. The highest BCUT2D eigenvalue weighted by atomic mass is 15.1. The average Bonchev–Trinajstić information content (AvgIpc) is 3.70. The summed E-state index contributed by atoms with van der Waals surface area (Å²) in [5.41, 5.74) is 13.5. The molecule has 2 heterocycles. The first-order valence-electron chi connectivity index (χ1n) is 16.7. The summed E-state index contributed by atoms with van der Waals surface area (Å²) in [7, 11) is 0. The number of para-hydroxylation sites is 6. The maximum atomic E-state index is 5.18. The first-order valence-corrected chi connectivity index (χ1v) is 16.7. The lowest BCUT2D eigenvalue weighted by molar-refractivity contribution is 1.09. The molecule has 234 valence electrons. The predicted octanol–water partition coefficient (Wildman–Crippen LogP) is 11.9. The molecule has 9 rings (SSSR count). The van der Waals surface area contributed by atoms with Crippen LogP contribution in [0, 0.1) is 13.8 Å². The van der Waals surface area contributed by atoms with Crippen LogP contribution < -0.4 is 4.90 Å². The van der Waals surface area contributed by atoms with Gasteiger partial charge in [0.05, 0.1) is 22.1 Å². The Morgan fingerprint density at radius 3 is 1.65 bits per heavy atom. The Morgan fingerprint density at radius 1 is 0.449 bits per heavy atom. The lowest BCUT2D eigenvalue weighted by Crippen LogP contribution is -2.12. The molecule has 0 atom stereocenters. The summed E-state index contributed by atoms with van der Waals surface area (Å²) in [6, 6.07) is 60.4. The molecule has 49 heavy (non-hydrogen) atoms. The molecule has 7 aromatic carbocycles. The molecule has 0 aliphatic carbocycles. The quantitative estimate of drug-likeness (QED) is 0.183. The fourth-order valence-corrected chi connectivity index (χ4v) is 7.28. The van der Waals surface area contributed by atoms with Crippen molar-refractivity contribution in [2.24, 2.45) is 0 Å². The van der Waals surface area contributed by atoms with Crippen LogP contribution in [0.25, 0.3) is 55.6 Å². The Kier molecular flexibility index (Phi) is 6.87. The molecule has 0 amide bonds. The molecule has 0 aliphatic rings. The minimum absolute atomic E-state index is 0.946. The fraction of sp³-hybridized carbons (Fsp3) is 0.0444. The second-order valence-corrected chi connectivity index (χ2v) is 12.6. The van der Waals surface area contributed by atoms with Crippen molar-refractivity contribution in [3.63, 3.8) is 0 Å². The minimum Gasteiger partial charge on any atom is -0.310 e. The zero-order valence-electron chi connectivity index (χ0n) is 27.5. The van der Waals surface area contributed by atoms with Gasteiger partial charge in [-0.25, -0.2) is 4.98 Å². The summed E-state index contributed by atoms with van der Waals surface area (Å²) < 4.78 is 4.64. The number of anilines is 3. The number of fused-ring (bicyclic) bond motifs is 4. The van der Waals surface area contributed by atoms with Gasteiger partial charge in [0.15, 0.2) is 0 Å². The standard InChI is InChI=1S/C45H34N4/c1-31-30-44(32(2)29-39(31)45-46-40-21-11-14-24-43(40)49(45)34-17-7-4-8-18-34)47(33-15-5-3-6-16-33)35-25-27-36(28-26-35)48-41-22-12-9-19-37(41)38-20-10-13-23-42(38)48/h3-30H,1-2H3. The average molecular weight is 631 g/mol. The van der Waals surface area contributed by atoms with E-state index in [0.717, 1.165) is 56.4 Å². The van der Waals surface area contributed by atoms with Crippen molar-refractivity contribution in [3.8, 4) is 22.8 Å². The van der Waals surface area contributed by atoms with Gasteiger partial charge in [-0.3, -0.25) is 4.57 Å². The molecule has 0 fully saturated rings. The highest BCUT2D eigenvalue weighted by molar-refractivity contribution is 6.09. The summed E-state index contributed by atoms with van der Waals surface area (Å²) in [4.78, 5) is 7.54. The molecule has 0 N–H and O–H groups in total. The molecule has 4 heteroatoms. The van der Waals surface area contributed by atoms with E-state index in [9.17, 15) is 0 Å². The lowest BCUT2D eigenvalue weighted by atomic mass is 10.0. The Bertz CT molecular complexity index is 2560. The van der Waals surface area contributed by atoms with Crippen molar-refractivity contribution in [3.05, 3.63) is 181 Å². The maximum Gasteiger partial charge on any atom is 0.146 e. The van der Waals surface area contributed by atoms with E-state index in [0.29, 0.717) is 0 Å². The van der Waals surface area contributed by atoms with Crippen molar-refractivity contribution in [2.45, 2.75) is 13.8 Å². The van der Waals surface area contributed by atoms with E-state index in [2.05, 4.69) is 198 Å². The molecule has 0 aliphatic heterocycles. The van der Waals surface area contributed by atoms with Crippen molar-refractivity contribution >= 4 is 49.9 Å². The van der Waals surface area contributed by atoms with Gasteiger partial charge >= 0.3 is 0 Å². The molecule has 0 spiro atoms. The summed E-state index contributed by atoms with van der Waals surface area (Å²) in [5, 5.41) is 2.53. The third kappa shape index (κ3) is 4.80. The van der Waals surface area contributed by atoms with Crippen LogP contribution in [-0.2, 0) is 0 Å². The zero-order valence-corrected chi connectivity index (χ0v) is 27.5. The lowest BCUT2D eigenvalue weighted by Gasteiger charge is -2.28. The van der Waals surface area contributed by atoms with E-state index in [1.54, 1.807) is 0 Å². The molecule has 9 aromatic rings. The van der Waals surface area contributed by atoms with E-state index in [1.165, 1.54) is 27.4 Å². The van der Waals surface area contributed by atoms with Crippen molar-refractivity contribution in [1.29, 1.82) is 0 Å². The van der Waals surface area contributed by atoms with Gasteiger partial charge in [-0.2, -0.15) is 0 Å². The minimum atomic E-state index is 0.946. The zero-order chi connectivity index (χ0) is 32.9. The van der Waals surface area contributed by atoms with Crippen LogP contribution >= 0.6 is 0 Å². The van der Waals surface area contributed by atoms with Gasteiger partial charge in [-0.15, -0.1) is 0 Å². The number of nitrogens with zero attached hydrogens (tertiary/aromatic N) is 4. The van der Waals surface area contributed by atoms with Crippen LogP contribution in [0.2, 0.25) is 0 Å². The SMILES string of the molecule is Cc1cc(N(c2ccccc2)c2ccc(-n3c4ccccc4c4ccccc43)cc2)c(C)cc1-c1nc2ccccc2n1-c1ccccc1. The third-order valence-corrected chi connectivity index (χ3v) is 9.56. The van der Waals surface area contributed by atoms with Crippen LogP contribution in [0.4, 0.5) is 17.1 Å². The van der Waals surface area contributed by atoms with Crippen LogP contribution in [0.5, 0.6) is 0 Å². The Morgan fingerprint density at radius 2 is 0.980 bits per heavy atom. The third-order valence-electron chi connectivity index (χ3n) is 9.56. The number of aromatic nitrogens is 3. The predicted molar refractivity (Wildman–Crippen MR) is 205 cm³/mol. The highest BCUT2D eigenvalue weighted by Gasteiger charge is 2.21. The largest absolute Gasteiger partial charge is 0.310 e. The van der Waals surface area contributed by atoms with Crippen molar-refractivity contribution in [1.82, 2.24) is 14.1 Å². The van der Waals surface area contributed by atoms with Crippen molar-refractivity contribution < 1.29 is 0 Å². The Hall–Kier alpha value is -6.39. The number of benzene rings is 7. The molecule has 0 radical (unpaired) electrons. The second-order valence-electron chi connectivity index (χ2n) is 12.6. The van der Waals surface area contributed by atoms with E-state index in [1.807, 2.05) is 0 Å². The number of aryl methyl sites for hydroxylation is 2. The molecule has 0 saturated carbocycles. The van der Waals surface area contributed by atoms with Gasteiger partial charge in [0, 0.05) is 44.8 Å². The molecule has 0 saturated heterocycles. The molecule has 4 nitrogen and oxygen atoms in total. The van der Waals surface area contributed by atoms with Crippen LogP contribution in [0.1, 0.15) is 11.1 Å². The van der Waals surface area contributed by atoms with Crippen molar-refractivity contribution in [2.75, 3.05) is 4.90 Å². The number of rotatable bonds is 6. The molecule has 0 unspecified atom stereocenters. The second kappa shape index (κ2) is 11.7. The van der Waals surface area contributed by atoms with Gasteiger partial charge in [0.25, 0.3) is 0 Å². The van der Waals surface area contributed by atoms with Gasteiger partial charge in [-0.1, -0.05) is 84.9 Å². The summed E-state index contributed by atoms with van der Waals surface area (Å²) in [6.07, 6.45) is 0. The molecular weight excluding hydrogens is 597 g/mol. The topological polar surface area (TPSA) is 26.0 Å². The summed E-state index contributed by atoms with van der Waals surface area (Å²) in [5.74, 6) is 0.946. The van der Waals surface area contributed by atoms with Gasteiger partial charge in [-0.05, 0) is 110 Å². The Labute approximate surface area is 285 Å². The van der Waals surface area contributed by atoms with Gasteiger partial charge in [0.1, 0.15) is 5.82 Å². The van der Waals surface area contributed by atoms with E-state index in [-0.39, 0.29) is 0 Å². The van der Waals surface area contributed by atoms with E-state index in [4.69, 9.17) is 4.98 Å². The van der Waals surface area contributed by atoms with E-state index < -0.39 is 0 Å². The first kappa shape index (κ1) is 28.8. The van der Waals surface area contributed by atoms with E-state index >= 15 is 0 Å². The number of hydrogen-bond acceptors (Lipinski definition) is 2.